The molecule has 0 radical (unpaired) electrons. The number of carbonyl (C=O) groups excluding carboxylic acids is 2. The molecular formula is C31H29F2N7O4. The van der Waals surface area contributed by atoms with Crippen molar-refractivity contribution in [3.63, 3.8) is 0 Å². The molecule has 13 heteroatoms. The molecule has 2 bridgehead atoms. The summed E-state index contributed by atoms with van der Waals surface area (Å²) in [7, 11) is 0. The van der Waals surface area contributed by atoms with Crippen LogP contribution in [0, 0.1) is 11.6 Å². The molecule has 1 saturated heterocycles. The van der Waals surface area contributed by atoms with Gasteiger partial charge in [0.1, 0.15) is 28.8 Å². The van der Waals surface area contributed by atoms with Gasteiger partial charge in [0.05, 0.1) is 22.3 Å². The van der Waals surface area contributed by atoms with Gasteiger partial charge in [-0.25, -0.2) is 23.1 Å². The van der Waals surface area contributed by atoms with Crippen molar-refractivity contribution in [2.45, 2.75) is 32.7 Å². The van der Waals surface area contributed by atoms with Crippen LogP contribution in [-0.4, -0.2) is 68.5 Å². The fourth-order valence-electron chi connectivity index (χ4n) is 5.72. The molecule has 11 nitrogen and oxygen atoms in total. The number of anilines is 2. The fraction of sp³-hybridized carbons (Fsp3) is 0.290. The van der Waals surface area contributed by atoms with Gasteiger partial charge in [-0.15, -0.1) is 0 Å². The van der Waals surface area contributed by atoms with E-state index in [0.717, 1.165) is 6.07 Å². The number of piperazine rings is 1. The minimum Gasteiger partial charge on any atom is -0.481 e. The number of carbonyl (C=O) groups is 2. The Morgan fingerprint density at radius 2 is 1.95 bits per heavy atom. The fourth-order valence-corrected chi connectivity index (χ4v) is 5.72. The van der Waals surface area contributed by atoms with E-state index in [1.165, 1.54) is 41.1 Å². The standard InChI is InChI=1S/C31H29F2N7O4/c1-5-24(42)38-11-12-39(17(4)14-38)29-18-13-20(33)27-25-19(32)7-6-8-21(25)35-23(41)15-44-22-9-10-34-26(16(2)3)28(22)40(30(18)36-27)31(43)37-29/h5-10,13,16-17H,1,11-12,14-15H2,2-4H3,(H,35,41)/t17-/m1/s1. The van der Waals surface area contributed by atoms with Gasteiger partial charge >= 0.3 is 5.69 Å². The largest absolute Gasteiger partial charge is 0.481 e. The van der Waals surface area contributed by atoms with Crippen LogP contribution in [0.3, 0.4) is 0 Å². The van der Waals surface area contributed by atoms with Crippen molar-refractivity contribution in [3.05, 3.63) is 77.0 Å². The summed E-state index contributed by atoms with van der Waals surface area (Å²) in [6.07, 6.45) is 2.74. The van der Waals surface area contributed by atoms with E-state index in [9.17, 15) is 14.4 Å². The molecule has 0 saturated carbocycles. The van der Waals surface area contributed by atoms with E-state index in [2.05, 4.69) is 26.8 Å². The third-order valence-electron chi connectivity index (χ3n) is 7.76. The number of hydrogen-bond acceptors (Lipinski definition) is 8. The molecule has 2 aliphatic rings. The van der Waals surface area contributed by atoms with Gasteiger partial charge in [-0.05, 0) is 37.1 Å². The number of ether oxygens (including phenoxy) is 1. The molecule has 0 spiro atoms. The number of fused-ring (bicyclic) bond motifs is 5. The lowest BCUT2D eigenvalue weighted by atomic mass is 10.0. The SMILES string of the molecule is C=CC(=O)N1CCN(c2nc(=O)n3c4nc(c(F)cc24)-c2c(F)cccc2NC(=O)COc2ccnc(C(C)C)c2-3)[C@H](C)C1. The van der Waals surface area contributed by atoms with E-state index in [1.54, 1.807) is 4.90 Å². The maximum atomic E-state index is 16.1. The molecule has 0 aliphatic carbocycles. The Hall–Kier alpha value is -5.20. The van der Waals surface area contributed by atoms with Crippen LogP contribution in [0.25, 0.3) is 28.0 Å². The normalized spacial score (nSPS) is 16.5. The lowest BCUT2D eigenvalue weighted by molar-refractivity contribution is -0.126. The third kappa shape index (κ3) is 4.83. The Morgan fingerprint density at radius 3 is 2.68 bits per heavy atom. The molecule has 6 rings (SSSR count). The number of halogens is 2. The zero-order chi connectivity index (χ0) is 31.3. The summed E-state index contributed by atoms with van der Waals surface area (Å²) in [5.41, 5.74) is -0.816. The summed E-state index contributed by atoms with van der Waals surface area (Å²) in [6.45, 7) is 9.63. The number of nitrogens with zero attached hydrogens (tertiary/aromatic N) is 6. The Bertz CT molecular complexity index is 1910. The molecule has 1 aromatic carbocycles. The maximum absolute atomic E-state index is 16.1. The number of aromatic nitrogens is 4. The predicted molar refractivity (Wildman–Crippen MR) is 160 cm³/mol. The number of hydrogen-bond donors (Lipinski definition) is 1. The summed E-state index contributed by atoms with van der Waals surface area (Å²) in [6, 6.07) is 6.32. The van der Waals surface area contributed by atoms with Crippen LogP contribution in [0.4, 0.5) is 20.3 Å². The number of nitrogens with one attached hydrogen (secondary N) is 1. The highest BCUT2D eigenvalue weighted by molar-refractivity contribution is 5.98. The van der Waals surface area contributed by atoms with E-state index in [1.807, 2.05) is 25.7 Å². The van der Waals surface area contributed by atoms with Crippen molar-refractivity contribution in [2.24, 2.45) is 0 Å². The van der Waals surface area contributed by atoms with Crippen LogP contribution in [-0.2, 0) is 9.59 Å². The summed E-state index contributed by atoms with van der Waals surface area (Å²) in [5, 5.41) is 2.78. The Balaban J connectivity index is 1.70. The quantitative estimate of drug-likeness (QED) is 0.352. The van der Waals surface area contributed by atoms with Crippen LogP contribution in [0.15, 0.2) is 54.0 Å². The van der Waals surface area contributed by atoms with Crippen LogP contribution in [0.1, 0.15) is 32.4 Å². The lowest BCUT2D eigenvalue weighted by Gasteiger charge is -2.40. The highest BCUT2D eigenvalue weighted by Gasteiger charge is 2.32. The van der Waals surface area contributed by atoms with E-state index >= 15 is 8.78 Å². The summed E-state index contributed by atoms with van der Waals surface area (Å²) < 4.78 is 38.6. The van der Waals surface area contributed by atoms with Crippen LogP contribution >= 0.6 is 0 Å². The van der Waals surface area contributed by atoms with E-state index in [-0.39, 0.29) is 57.4 Å². The second-order valence-electron chi connectivity index (χ2n) is 11.0. The van der Waals surface area contributed by atoms with Gasteiger partial charge in [0, 0.05) is 37.9 Å². The van der Waals surface area contributed by atoms with E-state index in [4.69, 9.17) is 4.74 Å². The number of amides is 2. The minimum atomic E-state index is -0.886. The number of rotatable bonds is 3. The van der Waals surface area contributed by atoms with Crippen molar-refractivity contribution in [1.82, 2.24) is 24.4 Å². The van der Waals surface area contributed by atoms with Gasteiger partial charge in [-0.1, -0.05) is 26.5 Å². The van der Waals surface area contributed by atoms with Gasteiger partial charge < -0.3 is 19.9 Å². The maximum Gasteiger partial charge on any atom is 0.356 e. The van der Waals surface area contributed by atoms with Gasteiger partial charge in [0.25, 0.3) is 5.91 Å². The highest BCUT2D eigenvalue weighted by atomic mass is 19.1. The minimum absolute atomic E-state index is 0.00551. The van der Waals surface area contributed by atoms with E-state index in [0.29, 0.717) is 25.3 Å². The molecule has 4 aromatic rings. The Kier molecular flexibility index (Phi) is 7.31. The molecular weight excluding hydrogens is 572 g/mol. The number of pyridine rings is 2. The second kappa shape index (κ2) is 11.1. The van der Waals surface area contributed by atoms with Crippen molar-refractivity contribution in [2.75, 3.05) is 36.5 Å². The molecule has 44 heavy (non-hydrogen) atoms. The van der Waals surface area contributed by atoms with Crippen LogP contribution in [0.2, 0.25) is 0 Å². The first-order valence-electron chi connectivity index (χ1n) is 14.1. The summed E-state index contributed by atoms with van der Waals surface area (Å²) >= 11 is 0. The van der Waals surface area contributed by atoms with Crippen molar-refractivity contribution in [3.8, 4) is 22.7 Å². The molecule has 2 amide bonds. The first-order chi connectivity index (χ1) is 21.1. The molecule has 5 heterocycles. The van der Waals surface area contributed by atoms with Gasteiger partial charge in [0.15, 0.2) is 18.1 Å². The third-order valence-corrected chi connectivity index (χ3v) is 7.76. The van der Waals surface area contributed by atoms with Crippen molar-refractivity contribution < 1.29 is 23.1 Å². The highest BCUT2D eigenvalue weighted by Crippen LogP contribution is 2.38. The summed E-state index contributed by atoms with van der Waals surface area (Å²) in [5.74, 6) is -2.44. The molecule has 1 atom stereocenters. The predicted octanol–water partition coefficient (Wildman–Crippen LogP) is 3.80. The van der Waals surface area contributed by atoms with Crippen LogP contribution < -0.4 is 20.6 Å². The summed E-state index contributed by atoms with van der Waals surface area (Å²) in [4.78, 5) is 56.2. The first kappa shape index (κ1) is 28.9. The van der Waals surface area contributed by atoms with E-state index < -0.39 is 35.5 Å². The molecule has 1 fully saturated rings. The molecule has 3 aromatic heterocycles. The monoisotopic (exact) mass is 601 g/mol. The average molecular weight is 602 g/mol. The van der Waals surface area contributed by atoms with Crippen molar-refractivity contribution >= 4 is 34.4 Å². The zero-order valence-electron chi connectivity index (χ0n) is 24.3. The van der Waals surface area contributed by atoms with Crippen molar-refractivity contribution in [1.29, 1.82) is 0 Å². The van der Waals surface area contributed by atoms with Gasteiger partial charge in [-0.2, -0.15) is 4.98 Å². The Labute approximate surface area is 250 Å². The molecule has 226 valence electrons. The number of benzene rings is 1. The van der Waals surface area contributed by atoms with Gasteiger partial charge in [0.2, 0.25) is 5.91 Å². The first-order valence-corrected chi connectivity index (χ1v) is 14.1. The topological polar surface area (TPSA) is 123 Å². The smallest absolute Gasteiger partial charge is 0.356 e. The lowest BCUT2D eigenvalue weighted by Crippen LogP contribution is -2.54. The van der Waals surface area contributed by atoms with Crippen LogP contribution in [0.5, 0.6) is 5.75 Å². The molecule has 1 N–H and O–H groups in total. The van der Waals surface area contributed by atoms with Gasteiger partial charge in [-0.3, -0.25) is 14.6 Å². The second-order valence-corrected chi connectivity index (χ2v) is 11.0. The molecule has 2 aliphatic heterocycles. The zero-order valence-corrected chi connectivity index (χ0v) is 24.3. The Morgan fingerprint density at radius 1 is 1.16 bits per heavy atom. The molecule has 0 unspecified atom stereocenters. The average Bonchev–Trinajstić information content (AvgIpc) is 2.99.